The van der Waals surface area contributed by atoms with Crippen LogP contribution in [0.3, 0.4) is 0 Å². The van der Waals surface area contributed by atoms with E-state index >= 15 is 0 Å². The monoisotopic (exact) mass is 488 g/mol. The van der Waals surface area contributed by atoms with Gasteiger partial charge in [0.1, 0.15) is 5.82 Å². The fourth-order valence-corrected chi connectivity index (χ4v) is 6.00. The first kappa shape index (κ1) is 22.1. The van der Waals surface area contributed by atoms with Crippen molar-refractivity contribution in [1.82, 2.24) is 24.9 Å². The van der Waals surface area contributed by atoms with Gasteiger partial charge in [-0.05, 0) is 43.9 Å². The van der Waals surface area contributed by atoms with Gasteiger partial charge < -0.3 is 20.3 Å². The van der Waals surface area contributed by atoms with E-state index in [1.807, 2.05) is 6.20 Å². The van der Waals surface area contributed by atoms with E-state index in [2.05, 4.69) is 38.8 Å². The van der Waals surface area contributed by atoms with Crippen molar-refractivity contribution in [2.75, 3.05) is 54.9 Å². The zero-order valence-electron chi connectivity index (χ0n) is 19.8. The lowest BCUT2D eigenvalue weighted by molar-refractivity contribution is 0.122. The predicted molar refractivity (Wildman–Crippen MR) is 140 cm³/mol. The minimum atomic E-state index is 0.234. The molecule has 0 atom stereocenters. The van der Waals surface area contributed by atoms with Gasteiger partial charge in [0.25, 0.3) is 0 Å². The lowest BCUT2D eigenvalue weighted by atomic mass is 10.1. The normalized spacial score (nSPS) is 16.7. The maximum absolute atomic E-state index is 5.70. The van der Waals surface area contributed by atoms with E-state index in [-0.39, 0.29) is 5.95 Å². The number of hydrogen-bond acceptors (Lipinski definition) is 10. The summed E-state index contributed by atoms with van der Waals surface area (Å²) in [5.74, 6) is 2.83. The molecule has 0 saturated carbocycles. The topological polar surface area (TPSA) is 106 Å². The molecule has 0 aromatic carbocycles. The second kappa shape index (κ2) is 9.35. The van der Waals surface area contributed by atoms with Crippen LogP contribution < -0.4 is 15.5 Å². The summed E-state index contributed by atoms with van der Waals surface area (Å²) in [6.45, 7) is 7.26. The van der Waals surface area contributed by atoms with E-state index in [1.165, 1.54) is 24.1 Å². The number of ether oxygens (including phenoxy) is 1. The molecule has 0 aliphatic carbocycles. The van der Waals surface area contributed by atoms with Crippen molar-refractivity contribution in [2.45, 2.75) is 26.2 Å². The summed E-state index contributed by atoms with van der Waals surface area (Å²) in [5.41, 5.74) is 9.64. The molecule has 6 rings (SSSR count). The van der Waals surface area contributed by atoms with Crippen molar-refractivity contribution in [1.29, 1.82) is 0 Å². The van der Waals surface area contributed by atoms with Crippen molar-refractivity contribution < 1.29 is 4.74 Å². The molecule has 2 aliphatic heterocycles. The van der Waals surface area contributed by atoms with E-state index in [9.17, 15) is 0 Å². The van der Waals surface area contributed by atoms with Crippen molar-refractivity contribution >= 4 is 39.1 Å². The highest BCUT2D eigenvalue weighted by molar-refractivity contribution is 7.23. The Kier molecular flexibility index (Phi) is 5.91. The fraction of sp³-hybridized carbons (Fsp3) is 0.400. The summed E-state index contributed by atoms with van der Waals surface area (Å²) in [4.78, 5) is 28.9. The smallest absolute Gasteiger partial charge is 0.219 e. The Morgan fingerprint density at radius 3 is 2.31 bits per heavy atom. The highest BCUT2D eigenvalue weighted by Crippen LogP contribution is 2.42. The van der Waals surface area contributed by atoms with Crippen LogP contribution in [0.25, 0.3) is 32.0 Å². The van der Waals surface area contributed by atoms with Crippen LogP contribution in [-0.4, -0.2) is 64.3 Å². The molecule has 4 aromatic heterocycles. The van der Waals surface area contributed by atoms with E-state index in [1.54, 1.807) is 23.7 Å². The van der Waals surface area contributed by atoms with Gasteiger partial charge >= 0.3 is 0 Å². The average molecular weight is 489 g/mol. The number of rotatable bonds is 4. The Morgan fingerprint density at radius 1 is 0.857 bits per heavy atom. The maximum Gasteiger partial charge on any atom is 0.219 e. The Balaban J connectivity index is 1.44. The van der Waals surface area contributed by atoms with E-state index < -0.39 is 0 Å². The molecule has 10 heteroatoms. The molecule has 35 heavy (non-hydrogen) atoms. The van der Waals surface area contributed by atoms with Crippen LogP contribution in [0.1, 0.15) is 24.8 Å². The van der Waals surface area contributed by atoms with E-state index in [0.717, 1.165) is 64.7 Å². The third-order valence-corrected chi connectivity index (χ3v) is 8.00. The van der Waals surface area contributed by atoms with Crippen molar-refractivity contribution in [3.05, 3.63) is 36.3 Å². The molecule has 9 nitrogen and oxygen atoms in total. The van der Waals surface area contributed by atoms with Crippen LogP contribution in [0.4, 0.5) is 17.6 Å². The van der Waals surface area contributed by atoms with Crippen LogP contribution >= 0.6 is 11.3 Å². The zero-order chi connectivity index (χ0) is 23.8. The summed E-state index contributed by atoms with van der Waals surface area (Å²) in [6.07, 6.45) is 9.15. The zero-order valence-corrected chi connectivity index (χ0v) is 20.6. The lowest BCUT2D eigenvalue weighted by Crippen LogP contribution is -2.36. The van der Waals surface area contributed by atoms with Gasteiger partial charge in [-0.15, -0.1) is 11.3 Å². The average Bonchev–Trinajstić information content (AvgIpc) is 3.26. The Bertz CT molecular complexity index is 1330. The minimum absolute atomic E-state index is 0.234. The van der Waals surface area contributed by atoms with Crippen LogP contribution in [-0.2, 0) is 4.74 Å². The van der Waals surface area contributed by atoms with Crippen molar-refractivity contribution in [2.24, 2.45) is 0 Å². The third kappa shape index (κ3) is 4.28. The molecule has 2 N–H and O–H groups in total. The highest BCUT2D eigenvalue weighted by atomic mass is 32.1. The number of fused-ring (bicyclic) bond motifs is 1. The fourth-order valence-electron chi connectivity index (χ4n) is 4.75. The molecule has 180 valence electrons. The summed E-state index contributed by atoms with van der Waals surface area (Å²) < 4.78 is 6.68. The molecular weight excluding hydrogens is 460 g/mol. The van der Waals surface area contributed by atoms with Crippen LogP contribution in [0, 0.1) is 6.92 Å². The number of morpholine rings is 1. The number of nitrogens with two attached hydrogens (primary N) is 1. The molecule has 6 heterocycles. The number of aromatic nitrogens is 5. The Morgan fingerprint density at radius 2 is 1.60 bits per heavy atom. The summed E-state index contributed by atoms with van der Waals surface area (Å²) in [5, 5.41) is 0. The first-order valence-corrected chi connectivity index (χ1v) is 12.9. The van der Waals surface area contributed by atoms with Gasteiger partial charge in [0.2, 0.25) is 5.95 Å². The molecule has 0 bridgehead atoms. The first-order valence-electron chi connectivity index (χ1n) is 12.1. The van der Waals surface area contributed by atoms with Crippen molar-refractivity contribution in [3.8, 4) is 21.8 Å². The second-order valence-corrected chi connectivity index (χ2v) is 10.0. The number of anilines is 3. The molecule has 2 aliphatic rings. The van der Waals surface area contributed by atoms with Gasteiger partial charge in [0.15, 0.2) is 11.6 Å². The second-order valence-electron chi connectivity index (χ2n) is 8.99. The first-order chi connectivity index (χ1) is 17.2. The molecule has 2 saturated heterocycles. The number of hydrogen-bond donors (Lipinski definition) is 1. The molecule has 0 spiro atoms. The van der Waals surface area contributed by atoms with E-state index in [4.69, 9.17) is 25.4 Å². The van der Waals surface area contributed by atoms with Crippen LogP contribution in [0.15, 0.2) is 30.7 Å². The van der Waals surface area contributed by atoms with Gasteiger partial charge in [-0.25, -0.2) is 24.9 Å². The van der Waals surface area contributed by atoms with E-state index in [0.29, 0.717) is 19.0 Å². The van der Waals surface area contributed by atoms with Gasteiger partial charge in [-0.3, -0.25) is 0 Å². The maximum atomic E-state index is 5.70. The molecule has 0 radical (unpaired) electrons. The standard InChI is InChI=1S/C25H28N8OS/c1-16-20-22(35-21(16)17-5-6-19(27-13-17)32-7-3-2-4-8-32)24(33-9-11-34-12-10-33)31-23(30-20)18-14-28-25(26)29-15-18/h5-6,13-15H,2-4,7-12H2,1H3,(H2,26,28,29). The molecule has 0 amide bonds. The molecule has 2 fully saturated rings. The third-order valence-electron chi connectivity index (χ3n) is 6.68. The number of piperidine rings is 1. The number of pyridine rings is 1. The Labute approximate surface area is 208 Å². The summed E-state index contributed by atoms with van der Waals surface area (Å²) in [7, 11) is 0. The number of aryl methyl sites for hydroxylation is 1. The number of nitrogen functional groups attached to an aromatic ring is 1. The van der Waals surface area contributed by atoms with Crippen molar-refractivity contribution in [3.63, 3.8) is 0 Å². The minimum Gasteiger partial charge on any atom is -0.378 e. The molecule has 4 aromatic rings. The quantitative estimate of drug-likeness (QED) is 0.457. The van der Waals surface area contributed by atoms with Gasteiger partial charge in [0, 0.05) is 55.2 Å². The van der Waals surface area contributed by atoms with Crippen LogP contribution in [0.2, 0.25) is 0 Å². The SMILES string of the molecule is Cc1c(-c2ccc(N3CCCCC3)nc2)sc2c(N3CCOCC3)nc(-c3cnc(N)nc3)nc12. The van der Waals surface area contributed by atoms with Gasteiger partial charge in [-0.2, -0.15) is 0 Å². The Hall–Kier alpha value is -3.37. The summed E-state index contributed by atoms with van der Waals surface area (Å²) in [6, 6.07) is 4.33. The lowest BCUT2D eigenvalue weighted by Gasteiger charge is -2.28. The number of nitrogens with zero attached hydrogens (tertiary/aromatic N) is 7. The molecule has 0 unspecified atom stereocenters. The highest BCUT2D eigenvalue weighted by Gasteiger charge is 2.23. The predicted octanol–water partition coefficient (Wildman–Crippen LogP) is 3.93. The largest absolute Gasteiger partial charge is 0.378 e. The summed E-state index contributed by atoms with van der Waals surface area (Å²) >= 11 is 1.73. The van der Waals surface area contributed by atoms with Crippen LogP contribution in [0.5, 0.6) is 0 Å². The van der Waals surface area contributed by atoms with Gasteiger partial charge in [0.05, 0.1) is 29.0 Å². The number of thiophene rings is 1. The molecular formula is C25H28N8OS. The van der Waals surface area contributed by atoms with Gasteiger partial charge in [-0.1, -0.05) is 0 Å².